The van der Waals surface area contributed by atoms with Gasteiger partial charge in [0.25, 0.3) is 0 Å². The van der Waals surface area contributed by atoms with Crippen LogP contribution in [0.4, 0.5) is 0 Å². The first-order valence-corrected chi connectivity index (χ1v) is 7.92. The topological polar surface area (TPSA) is 0 Å². The molecule has 0 unspecified atom stereocenters. The Hall–Kier alpha value is -0.260. The van der Waals surface area contributed by atoms with E-state index in [1.807, 2.05) is 0 Å². The normalized spacial score (nSPS) is 11.8. The number of unbranched alkanes of at least 4 members (excludes halogenated alkanes) is 9. The first-order valence-electron chi connectivity index (χ1n) is 7.92. The van der Waals surface area contributed by atoms with Gasteiger partial charge in [-0.05, 0) is 25.2 Å². The average Bonchev–Trinajstić information content (AvgIpc) is 2.30. The number of rotatable bonds is 12. The summed E-state index contributed by atoms with van der Waals surface area (Å²) in [5.41, 5.74) is 0. The lowest BCUT2D eigenvalue weighted by molar-refractivity contribution is 0.566. The summed E-state index contributed by atoms with van der Waals surface area (Å²) < 4.78 is 0. The Morgan fingerprint density at radius 2 is 1.24 bits per heavy atom. The maximum Gasteiger partial charge on any atom is -0.0327 e. The van der Waals surface area contributed by atoms with E-state index in [4.69, 9.17) is 0 Å². The van der Waals surface area contributed by atoms with Gasteiger partial charge in [0, 0.05) is 0 Å². The summed E-state index contributed by atoms with van der Waals surface area (Å²) in [4.78, 5) is 0. The summed E-state index contributed by atoms with van der Waals surface area (Å²) in [7, 11) is 0. The Bertz CT molecular complexity index is 155. The van der Waals surface area contributed by atoms with Crippen molar-refractivity contribution < 1.29 is 0 Å². The molecular weight excluding hydrogens is 204 g/mol. The van der Waals surface area contributed by atoms with Gasteiger partial charge < -0.3 is 0 Å². The van der Waals surface area contributed by atoms with Gasteiger partial charge in [0.1, 0.15) is 0 Å². The van der Waals surface area contributed by atoms with E-state index in [1.165, 1.54) is 70.6 Å². The molecular formula is C17H34. The fourth-order valence-corrected chi connectivity index (χ4v) is 2.06. The molecule has 0 N–H and O–H groups in total. The van der Waals surface area contributed by atoms with E-state index in [9.17, 15) is 0 Å². The van der Waals surface area contributed by atoms with Gasteiger partial charge in [-0.2, -0.15) is 0 Å². The standard InChI is InChI=1S/C17H34/c1-4-5-6-7-8-9-10-11-12-13-14-15-16-17(2)3/h14-15,17H,4-13,16H2,1-3H3. The fourth-order valence-electron chi connectivity index (χ4n) is 2.06. The monoisotopic (exact) mass is 238 g/mol. The van der Waals surface area contributed by atoms with E-state index < -0.39 is 0 Å². The lowest BCUT2D eigenvalue weighted by Gasteiger charge is -2.01. The molecule has 0 atom stereocenters. The molecule has 0 aliphatic heterocycles. The molecule has 0 rings (SSSR count). The quantitative estimate of drug-likeness (QED) is 0.268. The van der Waals surface area contributed by atoms with Crippen molar-refractivity contribution in [3.63, 3.8) is 0 Å². The molecule has 0 saturated carbocycles. The van der Waals surface area contributed by atoms with Crippen LogP contribution in [-0.2, 0) is 0 Å². The third-order valence-electron chi connectivity index (χ3n) is 3.25. The van der Waals surface area contributed by atoms with Crippen LogP contribution < -0.4 is 0 Å². The lowest BCUT2D eigenvalue weighted by atomic mass is 10.1. The summed E-state index contributed by atoms with van der Waals surface area (Å²) in [6.07, 6.45) is 20.2. The smallest absolute Gasteiger partial charge is 0.0327 e. The highest BCUT2D eigenvalue weighted by molar-refractivity contribution is 4.82. The molecule has 0 bridgehead atoms. The minimum absolute atomic E-state index is 0.814. The molecule has 0 heterocycles. The zero-order valence-corrected chi connectivity index (χ0v) is 12.5. The lowest BCUT2D eigenvalue weighted by Crippen LogP contribution is -1.82. The summed E-state index contributed by atoms with van der Waals surface area (Å²) >= 11 is 0. The molecule has 0 aliphatic carbocycles. The second-order valence-electron chi connectivity index (χ2n) is 5.72. The zero-order valence-electron chi connectivity index (χ0n) is 12.5. The molecule has 0 nitrogen and oxygen atoms in total. The van der Waals surface area contributed by atoms with Gasteiger partial charge in [0.05, 0.1) is 0 Å². The predicted molar refractivity (Wildman–Crippen MR) is 80.4 cm³/mol. The Kier molecular flexibility index (Phi) is 13.6. The number of hydrogen-bond acceptors (Lipinski definition) is 0. The average molecular weight is 238 g/mol. The fraction of sp³-hybridized carbons (Fsp3) is 0.882. The van der Waals surface area contributed by atoms with E-state index in [0.717, 1.165) is 5.92 Å². The van der Waals surface area contributed by atoms with Crippen LogP contribution in [0.15, 0.2) is 12.2 Å². The third kappa shape index (κ3) is 15.7. The zero-order chi connectivity index (χ0) is 12.8. The third-order valence-corrected chi connectivity index (χ3v) is 3.25. The first-order chi connectivity index (χ1) is 8.27. The van der Waals surface area contributed by atoms with Crippen LogP contribution in [0.2, 0.25) is 0 Å². The van der Waals surface area contributed by atoms with Gasteiger partial charge in [-0.3, -0.25) is 0 Å². The van der Waals surface area contributed by atoms with Crippen LogP contribution in [0.25, 0.3) is 0 Å². The Labute approximate surface area is 110 Å². The van der Waals surface area contributed by atoms with Crippen molar-refractivity contribution in [2.24, 2.45) is 5.92 Å². The molecule has 0 saturated heterocycles. The molecule has 0 aliphatic rings. The molecule has 102 valence electrons. The Morgan fingerprint density at radius 1 is 0.706 bits per heavy atom. The minimum Gasteiger partial charge on any atom is -0.0885 e. The summed E-state index contributed by atoms with van der Waals surface area (Å²) in [6.45, 7) is 6.85. The Balaban J connectivity index is 3.01. The van der Waals surface area contributed by atoms with E-state index in [1.54, 1.807) is 0 Å². The van der Waals surface area contributed by atoms with E-state index >= 15 is 0 Å². The van der Waals surface area contributed by atoms with Gasteiger partial charge in [-0.1, -0.05) is 84.3 Å². The highest BCUT2D eigenvalue weighted by Crippen LogP contribution is 2.11. The molecule has 0 fully saturated rings. The highest BCUT2D eigenvalue weighted by atomic mass is 14.0. The number of hydrogen-bond donors (Lipinski definition) is 0. The van der Waals surface area contributed by atoms with E-state index in [2.05, 4.69) is 32.9 Å². The van der Waals surface area contributed by atoms with Crippen LogP contribution in [0.1, 0.15) is 91.4 Å². The largest absolute Gasteiger partial charge is 0.0885 e. The first kappa shape index (κ1) is 16.7. The van der Waals surface area contributed by atoms with Crippen LogP contribution in [-0.4, -0.2) is 0 Å². The molecule has 0 radical (unpaired) electrons. The van der Waals surface area contributed by atoms with Crippen LogP contribution in [0.5, 0.6) is 0 Å². The van der Waals surface area contributed by atoms with E-state index in [0.29, 0.717) is 0 Å². The van der Waals surface area contributed by atoms with Crippen LogP contribution >= 0.6 is 0 Å². The van der Waals surface area contributed by atoms with Gasteiger partial charge in [0.15, 0.2) is 0 Å². The van der Waals surface area contributed by atoms with Gasteiger partial charge >= 0.3 is 0 Å². The predicted octanol–water partition coefficient (Wildman–Crippen LogP) is 6.51. The van der Waals surface area contributed by atoms with Crippen molar-refractivity contribution >= 4 is 0 Å². The molecule has 0 aromatic carbocycles. The molecule has 0 heteroatoms. The maximum atomic E-state index is 2.38. The molecule has 0 aromatic rings. The summed E-state index contributed by atoms with van der Waals surface area (Å²) in [5, 5.41) is 0. The SMILES string of the molecule is CCCCCCCCCCCC=CCC(C)C. The summed E-state index contributed by atoms with van der Waals surface area (Å²) in [5.74, 6) is 0.814. The van der Waals surface area contributed by atoms with Gasteiger partial charge in [0.2, 0.25) is 0 Å². The van der Waals surface area contributed by atoms with Crippen molar-refractivity contribution in [3.05, 3.63) is 12.2 Å². The van der Waals surface area contributed by atoms with E-state index in [-0.39, 0.29) is 0 Å². The second-order valence-corrected chi connectivity index (χ2v) is 5.72. The van der Waals surface area contributed by atoms with Crippen molar-refractivity contribution in [3.8, 4) is 0 Å². The molecule has 17 heavy (non-hydrogen) atoms. The van der Waals surface area contributed by atoms with Crippen molar-refractivity contribution in [2.75, 3.05) is 0 Å². The van der Waals surface area contributed by atoms with Crippen molar-refractivity contribution in [1.29, 1.82) is 0 Å². The maximum absolute atomic E-state index is 2.38. The minimum atomic E-state index is 0.814. The van der Waals surface area contributed by atoms with Crippen LogP contribution in [0, 0.1) is 5.92 Å². The number of allylic oxidation sites excluding steroid dienone is 2. The van der Waals surface area contributed by atoms with Gasteiger partial charge in [-0.15, -0.1) is 0 Å². The Morgan fingerprint density at radius 3 is 1.76 bits per heavy atom. The highest BCUT2D eigenvalue weighted by Gasteiger charge is 1.91. The van der Waals surface area contributed by atoms with Gasteiger partial charge in [-0.25, -0.2) is 0 Å². The van der Waals surface area contributed by atoms with Crippen LogP contribution in [0.3, 0.4) is 0 Å². The van der Waals surface area contributed by atoms with Crippen molar-refractivity contribution in [2.45, 2.75) is 91.4 Å². The summed E-state index contributed by atoms with van der Waals surface area (Å²) in [6, 6.07) is 0. The molecule has 0 spiro atoms. The second kappa shape index (κ2) is 13.8. The molecule has 0 aromatic heterocycles. The molecule has 0 amide bonds. The van der Waals surface area contributed by atoms with Crippen molar-refractivity contribution in [1.82, 2.24) is 0 Å².